The van der Waals surface area contributed by atoms with Crippen LogP contribution in [0.3, 0.4) is 0 Å². The minimum atomic E-state index is -4.65. The molecule has 0 unspecified atom stereocenters. The summed E-state index contributed by atoms with van der Waals surface area (Å²) in [4.78, 5) is 11.9. The maximum Gasteiger partial charge on any atom is 0.383 e. The van der Waals surface area contributed by atoms with Gasteiger partial charge in [-0.15, -0.1) is 0 Å². The third-order valence-electron chi connectivity index (χ3n) is 2.97. The molecule has 20 heavy (non-hydrogen) atoms. The van der Waals surface area contributed by atoms with Gasteiger partial charge in [0, 0.05) is 13.6 Å². The predicted molar refractivity (Wildman–Crippen MR) is 68.0 cm³/mol. The largest absolute Gasteiger partial charge is 0.383 e. The molecule has 0 aromatic heterocycles. The molecule has 0 atom stereocenters. The highest BCUT2D eigenvalue weighted by atomic mass is 19.3. The van der Waals surface area contributed by atoms with Crippen molar-refractivity contribution in [3.05, 3.63) is 35.4 Å². The van der Waals surface area contributed by atoms with Gasteiger partial charge in [0.05, 0.1) is 0 Å². The Labute approximate surface area is 115 Å². The van der Waals surface area contributed by atoms with Crippen LogP contribution in [0, 0.1) is 0 Å². The van der Waals surface area contributed by atoms with E-state index in [0.717, 1.165) is 12.6 Å². The second-order valence-electron chi connectivity index (χ2n) is 4.98. The summed E-state index contributed by atoms with van der Waals surface area (Å²) in [5, 5.41) is 0. The molecule has 0 spiro atoms. The number of halogens is 4. The van der Waals surface area contributed by atoms with Crippen molar-refractivity contribution in [1.29, 1.82) is 0 Å². The van der Waals surface area contributed by atoms with Crippen molar-refractivity contribution in [3.8, 4) is 0 Å². The highest BCUT2D eigenvalue weighted by Gasteiger charge is 2.50. The first-order valence-electron chi connectivity index (χ1n) is 6.16. The Bertz CT molecular complexity index is 457. The lowest BCUT2D eigenvalue weighted by Gasteiger charge is -2.23. The summed E-state index contributed by atoms with van der Waals surface area (Å²) >= 11 is 0. The number of hydrogen-bond acceptors (Lipinski definition) is 1. The Morgan fingerprint density at radius 1 is 1.20 bits per heavy atom. The molecule has 1 rings (SSSR count). The average molecular weight is 291 g/mol. The molecule has 0 aliphatic heterocycles. The molecule has 0 aliphatic rings. The van der Waals surface area contributed by atoms with Gasteiger partial charge in [-0.1, -0.05) is 38.1 Å². The number of hydrogen-bond donors (Lipinski definition) is 0. The quantitative estimate of drug-likeness (QED) is 0.758. The van der Waals surface area contributed by atoms with Crippen LogP contribution in [0.4, 0.5) is 17.6 Å². The first kappa shape index (κ1) is 16.5. The van der Waals surface area contributed by atoms with Gasteiger partial charge in [-0.3, -0.25) is 4.79 Å². The van der Waals surface area contributed by atoms with E-state index >= 15 is 0 Å². The van der Waals surface area contributed by atoms with Crippen molar-refractivity contribution < 1.29 is 22.4 Å². The fourth-order valence-corrected chi connectivity index (χ4v) is 1.70. The number of rotatable bonds is 5. The van der Waals surface area contributed by atoms with E-state index in [9.17, 15) is 22.4 Å². The van der Waals surface area contributed by atoms with Gasteiger partial charge >= 0.3 is 12.3 Å². The summed E-state index contributed by atoms with van der Waals surface area (Å²) in [6, 6.07) is 7.03. The molecule has 0 bridgehead atoms. The second kappa shape index (κ2) is 6.24. The molecule has 2 nitrogen and oxygen atoms in total. The molecule has 0 saturated heterocycles. The second-order valence-corrected chi connectivity index (χ2v) is 4.98. The molecule has 0 radical (unpaired) electrons. The summed E-state index contributed by atoms with van der Waals surface area (Å²) in [5.74, 6) is -6.20. The number of benzene rings is 1. The summed E-state index contributed by atoms with van der Waals surface area (Å²) in [5.41, 5.74) is 1.68. The molecular formula is C14H17F4NO. The van der Waals surface area contributed by atoms with E-state index < -0.39 is 18.3 Å². The van der Waals surface area contributed by atoms with Crippen LogP contribution in [0.1, 0.15) is 30.9 Å². The van der Waals surface area contributed by atoms with Crippen molar-refractivity contribution in [2.75, 3.05) is 7.05 Å². The van der Waals surface area contributed by atoms with E-state index in [1.165, 1.54) is 0 Å². The standard InChI is InChI=1S/C14H17F4NO/c1-9(2)11-6-4-10(5-7-11)8-19(3)13(20)14(17,18)12(15)16/h4-7,9,12H,8H2,1-3H3. The van der Waals surface area contributed by atoms with Gasteiger partial charge in [0.25, 0.3) is 5.91 Å². The lowest BCUT2D eigenvalue weighted by Crippen LogP contribution is -2.45. The van der Waals surface area contributed by atoms with Gasteiger partial charge in [0.1, 0.15) is 0 Å². The van der Waals surface area contributed by atoms with E-state index in [1.807, 2.05) is 26.0 Å². The van der Waals surface area contributed by atoms with Crippen LogP contribution in [-0.2, 0) is 11.3 Å². The average Bonchev–Trinajstić information content (AvgIpc) is 2.38. The molecular weight excluding hydrogens is 274 g/mol. The molecule has 6 heteroatoms. The van der Waals surface area contributed by atoms with E-state index in [0.29, 0.717) is 16.4 Å². The maximum absolute atomic E-state index is 12.9. The SMILES string of the molecule is CC(C)c1ccc(CN(C)C(=O)C(F)(F)C(F)F)cc1. The summed E-state index contributed by atoms with van der Waals surface area (Å²) in [6.45, 7) is 3.88. The van der Waals surface area contributed by atoms with Crippen LogP contribution in [-0.4, -0.2) is 30.2 Å². The van der Waals surface area contributed by atoms with Gasteiger partial charge in [0.15, 0.2) is 0 Å². The Kier molecular flexibility index (Phi) is 5.14. The predicted octanol–water partition coefficient (Wildman–Crippen LogP) is 3.67. The van der Waals surface area contributed by atoms with Crippen LogP contribution < -0.4 is 0 Å². The zero-order chi connectivity index (χ0) is 15.5. The van der Waals surface area contributed by atoms with E-state index in [2.05, 4.69) is 0 Å². The van der Waals surface area contributed by atoms with Crippen molar-refractivity contribution >= 4 is 5.91 Å². The molecule has 1 amide bonds. The molecule has 1 aromatic rings. The van der Waals surface area contributed by atoms with Crippen molar-refractivity contribution in [2.45, 2.75) is 38.7 Å². The Morgan fingerprint density at radius 3 is 2.10 bits per heavy atom. The summed E-state index contributed by atoms with van der Waals surface area (Å²) in [7, 11) is 1.08. The van der Waals surface area contributed by atoms with E-state index in [1.54, 1.807) is 12.1 Å². The third-order valence-corrected chi connectivity index (χ3v) is 2.97. The minimum absolute atomic E-state index is 0.139. The highest BCUT2D eigenvalue weighted by Crippen LogP contribution is 2.25. The Morgan fingerprint density at radius 2 is 1.70 bits per heavy atom. The highest BCUT2D eigenvalue weighted by molar-refractivity contribution is 5.83. The summed E-state index contributed by atoms with van der Waals surface area (Å²) in [6.07, 6.45) is -4.00. The number of carbonyl (C=O) groups is 1. The maximum atomic E-state index is 12.9. The fraction of sp³-hybridized carbons (Fsp3) is 0.500. The van der Waals surface area contributed by atoms with Crippen LogP contribution in [0.5, 0.6) is 0 Å². The third kappa shape index (κ3) is 3.71. The van der Waals surface area contributed by atoms with E-state index in [-0.39, 0.29) is 6.54 Å². The van der Waals surface area contributed by atoms with Crippen molar-refractivity contribution in [2.24, 2.45) is 0 Å². The van der Waals surface area contributed by atoms with Crippen molar-refractivity contribution in [1.82, 2.24) is 4.90 Å². The molecule has 0 fully saturated rings. The molecule has 0 saturated carbocycles. The Hall–Kier alpha value is -1.59. The van der Waals surface area contributed by atoms with Crippen LogP contribution >= 0.6 is 0 Å². The first-order chi connectivity index (χ1) is 9.16. The molecule has 0 heterocycles. The minimum Gasteiger partial charge on any atom is -0.336 e. The molecule has 0 aliphatic carbocycles. The van der Waals surface area contributed by atoms with Gasteiger partial charge in [-0.05, 0) is 17.0 Å². The summed E-state index contributed by atoms with van der Waals surface area (Å²) < 4.78 is 50.1. The van der Waals surface area contributed by atoms with Crippen LogP contribution in [0.15, 0.2) is 24.3 Å². The van der Waals surface area contributed by atoms with Crippen molar-refractivity contribution in [3.63, 3.8) is 0 Å². The first-order valence-corrected chi connectivity index (χ1v) is 6.16. The van der Waals surface area contributed by atoms with Gasteiger partial charge < -0.3 is 4.90 Å². The van der Waals surface area contributed by atoms with Gasteiger partial charge in [0.2, 0.25) is 0 Å². The zero-order valence-electron chi connectivity index (χ0n) is 11.5. The normalized spacial score (nSPS) is 12.1. The smallest absolute Gasteiger partial charge is 0.336 e. The van der Waals surface area contributed by atoms with E-state index in [4.69, 9.17) is 0 Å². The van der Waals surface area contributed by atoms with Crippen LogP contribution in [0.2, 0.25) is 0 Å². The lowest BCUT2D eigenvalue weighted by molar-refractivity contribution is -0.179. The number of amides is 1. The molecule has 112 valence electrons. The van der Waals surface area contributed by atoms with Gasteiger partial charge in [-0.25, -0.2) is 8.78 Å². The monoisotopic (exact) mass is 291 g/mol. The fourth-order valence-electron chi connectivity index (χ4n) is 1.70. The molecule has 0 N–H and O–H groups in total. The Balaban J connectivity index is 2.75. The number of nitrogens with zero attached hydrogens (tertiary/aromatic N) is 1. The van der Waals surface area contributed by atoms with Crippen LogP contribution in [0.25, 0.3) is 0 Å². The number of carbonyl (C=O) groups excluding carboxylic acids is 1. The molecule has 1 aromatic carbocycles. The topological polar surface area (TPSA) is 20.3 Å². The lowest BCUT2D eigenvalue weighted by atomic mass is 10.0. The van der Waals surface area contributed by atoms with Gasteiger partial charge in [-0.2, -0.15) is 8.78 Å². The zero-order valence-corrected chi connectivity index (χ0v) is 11.5. The number of alkyl halides is 4.